The minimum atomic E-state index is -0.0618. The van der Waals surface area contributed by atoms with Crippen LogP contribution in [0.3, 0.4) is 0 Å². The third-order valence-electron chi connectivity index (χ3n) is 5.05. The molecule has 1 amide bonds. The molecule has 114 valence electrons. The van der Waals surface area contributed by atoms with E-state index >= 15 is 0 Å². The second-order valence-corrected chi connectivity index (χ2v) is 6.70. The summed E-state index contributed by atoms with van der Waals surface area (Å²) in [6, 6.07) is 8.07. The molecular weight excluding hydrogens is 284 g/mol. The number of benzene rings is 1. The van der Waals surface area contributed by atoms with Gasteiger partial charge in [0.15, 0.2) is 0 Å². The van der Waals surface area contributed by atoms with Crippen molar-refractivity contribution in [2.24, 2.45) is 5.92 Å². The Labute approximate surface area is 131 Å². The first kappa shape index (κ1) is 14.9. The lowest BCUT2D eigenvalue weighted by molar-refractivity contribution is -0.133. The van der Waals surface area contributed by atoms with E-state index in [2.05, 4.69) is 24.1 Å². The Morgan fingerprint density at radius 1 is 1.33 bits per heavy atom. The summed E-state index contributed by atoms with van der Waals surface area (Å²) in [7, 11) is 0. The number of amides is 1. The maximum atomic E-state index is 12.7. The van der Waals surface area contributed by atoms with Crippen LogP contribution < -0.4 is 5.32 Å². The highest BCUT2D eigenvalue weighted by atomic mass is 35.5. The fourth-order valence-corrected chi connectivity index (χ4v) is 3.55. The van der Waals surface area contributed by atoms with Crippen LogP contribution >= 0.6 is 11.6 Å². The number of hydrogen-bond acceptors (Lipinski definition) is 2. The Bertz CT molecular complexity index is 512. The summed E-state index contributed by atoms with van der Waals surface area (Å²) in [6.07, 6.45) is 4.60. The average Bonchev–Trinajstić information content (AvgIpc) is 2.74. The molecule has 1 aromatic carbocycles. The fraction of sp³-hybridized carbons (Fsp3) is 0.588. The zero-order chi connectivity index (χ0) is 15.0. The van der Waals surface area contributed by atoms with Gasteiger partial charge in [0.25, 0.3) is 0 Å². The van der Waals surface area contributed by atoms with Gasteiger partial charge in [-0.05, 0) is 49.8 Å². The van der Waals surface area contributed by atoms with Crippen LogP contribution in [-0.2, 0) is 4.79 Å². The summed E-state index contributed by atoms with van der Waals surface area (Å²) in [4.78, 5) is 14.8. The number of carbonyl (C=O) groups is 1. The third kappa shape index (κ3) is 2.69. The molecule has 1 aliphatic heterocycles. The van der Waals surface area contributed by atoms with Crippen LogP contribution in [0.1, 0.15) is 51.3 Å². The molecule has 3 rings (SSSR count). The lowest BCUT2D eigenvalue weighted by Crippen LogP contribution is -2.44. The van der Waals surface area contributed by atoms with Crippen LogP contribution in [0.15, 0.2) is 24.3 Å². The highest BCUT2D eigenvalue weighted by molar-refractivity contribution is 6.30. The van der Waals surface area contributed by atoms with Gasteiger partial charge in [0.1, 0.15) is 6.17 Å². The van der Waals surface area contributed by atoms with Gasteiger partial charge in [-0.15, -0.1) is 0 Å². The van der Waals surface area contributed by atoms with Crippen molar-refractivity contribution >= 4 is 17.5 Å². The summed E-state index contributed by atoms with van der Waals surface area (Å²) in [6.45, 7) is 4.26. The molecule has 21 heavy (non-hydrogen) atoms. The fourth-order valence-electron chi connectivity index (χ4n) is 3.43. The van der Waals surface area contributed by atoms with Crippen LogP contribution in [0.25, 0.3) is 0 Å². The van der Waals surface area contributed by atoms with Gasteiger partial charge in [0.05, 0.1) is 6.04 Å². The first-order valence-electron chi connectivity index (χ1n) is 7.95. The van der Waals surface area contributed by atoms with Crippen LogP contribution in [-0.4, -0.2) is 22.9 Å². The molecule has 0 bridgehead atoms. The topological polar surface area (TPSA) is 32.3 Å². The molecule has 0 spiro atoms. The zero-order valence-electron chi connectivity index (χ0n) is 12.7. The van der Waals surface area contributed by atoms with Gasteiger partial charge in [-0.1, -0.05) is 37.1 Å². The predicted octanol–water partition coefficient (Wildman–Crippen LogP) is 3.74. The van der Waals surface area contributed by atoms with Gasteiger partial charge in [-0.2, -0.15) is 0 Å². The Hall–Kier alpha value is -1.06. The first-order chi connectivity index (χ1) is 10.1. The Balaban J connectivity index is 1.88. The lowest BCUT2D eigenvalue weighted by atomic mass is 9.79. The first-order valence-corrected chi connectivity index (χ1v) is 8.33. The summed E-state index contributed by atoms with van der Waals surface area (Å²) >= 11 is 5.98. The van der Waals surface area contributed by atoms with E-state index in [0.29, 0.717) is 12.0 Å². The number of rotatable bonds is 4. The van der Waals surface area contributed by atoms with Gasteiger partial charge < -0.3 is 4.90 Å². The SMILES string of the molecule is CCC1NC(c2ccc(Cl)cc2)N(C(C)C2CCC2)C1=O. The van der Waals surface area contributed by atoms with Gasteiger partial charge in [-0.3, -0.25) is 10.1 Å². The third-order valence-corrected chi connectivity index (χ3v) is 5.31. The minimum absolute atomic E-state index is 0.0182. The van der Waals surface area contributed by atoms with Crippen molar-refractivity contribution in [2.75, 3.05) is 0 Å². The number of nitrogens with zero attached hydrogens (tertiary/aromatic N) is 1. The van der Waals surface area contributed by atoms with Crippen molar-refractivity contribution in [3.05, 3.63) is 34.9 Å². The van der Waals surface area contributed by atoms with Crippen molar-refractivity contribution < 1.29 is 4.79 Å². The largest absolute Gasteiger partial charge is 0.319 e. The summed E-state index contributed by atoms with van der Waals surface area (Å²) in [5.74, 6) is 0.901. The van der Waals surface area contributed by atoms with Crippen molar-refractivity contribution in [2.45, 2.75) is 57.8 Å². The molecule has 3 nitrogen and oxygen atoms in total. The Morgan fingerprint density at radius 2 is 2.00 bits per heavy atom. The zero-order valence-corrected chi connectivity index (χ0v) is 13.4. The van der Waals surface area contributed by atoms with Crippen LogP contribution in [0.5, 0.6) is 0 Å². The van der Waals surface area contributed by atoms with E-state index in [1.165, 1.54) is 19.3 Å². The van der Waals surface area contributed by atoms with E-state index in [4.69, 9.17) is 11.6 Å². The molecule has 1 heterocycles. The monoisotopic (exact) mass is 306 g/mol. The maximum absolute atomic E-state index is 12.7. The smallest absolute Gasteiger partial charge is 0.241 e. The molecule has 4 heteroatoms. The second kappa shape index (κ2) is 5.98. The molecule has 0 aromatic heterocycles. The van der Waals surface area contributed by atoms with Crippen LogP contribution in [0.4, 0.5) is 0 Å². The minimum Gasteiger partial charge on any atom is -0.319 e. The number of carbonyl (C=O) groups excluding carboxylic acids is 1. The number of halogens is 1. The highest BCUT2D eigenvalue weighted by Crippen LogP contribution is 2.37. The molecule has 1 N–H and O–H groups in total. The normalized spacial score (nSPS) is 27.8. The standard InChI is InChI=1S/C17H23ClN2O/c1-3-15-17(21)20(11(2)12-5-4-6-12)16(19-15)13-7-9-14(18)10-8-13/h7-12,15-16,19H,3-6H2,1-2H3. The molecule has 0 radical (unpaired) electrons. The number of nitrogens with one attached hydrogen (secondary N) is 1. The molecule has 3 atom stereocenters. The molecule has 3 unspecified atom stereocenters. The molecular formula is C17H23ClN2O. The van der Waals surface area contributed by atoms with Gasteiger partial charge in [0, 0.05) is 11.1 Å². The summed E-state index contributed by atoms with van der Waals surface area (Å²) in [5, 5.41) is 4.22. The van der Waals surface area contributed by atoms with E-state index in [9.17, 15) is 4.79 Å². The Kier molecular flexibility index (Phi) is 4.23. The van der Waals surface area contributed by atoms with Crippen molar-refractivity contribution in [1.82, 2.24) is 10.2 Å². The average molecular weight is 307 g/mol. The summed E-state index contributed by atoms with van der Waals surface area (Å²) < 4.78 is 0. The van der Waals surface area contributed by atoms with E-state index < -0.39 is 0 Å². The van der Waals surface area contributed by atoms with Gasteiger partial charge in [0.2, 0.25) is 5.91 Å². The van der Waals surface area contributed by atoms with E-state index in [0.717, 1.165) is 17.0 Å². The van der Waals surface area contributed by atoms with Crippen molar-refractivity contribution in [3.63, 3.8) is 0 Å². The molecule has 1 aliphatic carbocycles. The summed E-state index contributed by atoms with van der Waals surface area (Å²) in [5.41, 5.74) is 1.12. The van der Waals surface area contributed by atoms with Crippen LogP contribution in [0.2, 0.25) is 5.02 Å². The maximum Gasteiger partial charge on any atom is 0.241 e. The molecule has 2 fully saturated rings. The van der Waals surface area contributed by atoms with Crippen molar-refractivity contribution in [3.8, 4) is 0 Å². The predicted molar refractivity (Wildman–Crippen MR) is 85.1 cm³/mol. The second-order valence-electron chi connectivity index (χ2n) is 6.26. The lowest BCUT2D eigenvalue weighted by Gasteiger charge is -2.40. The number of hydrogen-bond donors (Lipinski definition) is 1. The molecule has 1 saturated carbocycles. The van der Waals surface area contributed by atoms with Gasteiger partial charge in [-0.25, -0.2) is 0 Å². The quantitative estimate of drug-likeness (QED) is 0.919. The van der Waals surface area contributed by atoms with Gasteiger partial charge >= 0.3 is 0 Å². The van der Waals surface area contributed by atoms with Crippen LogP contribution in [0, 0.1) is 5.92 Å². The van der Waals surface area contributed by atoms with E-state index in [-0.39, 0.29) is 18.1 Å². The molecule has 1 saturated heterocycles. The van der Waals surface area contributed by atoms with E-state index in [1.807, 2.05) is 24.3 Å². The molecule has 1 aromatic rings. The highest BCUT2D eigenvalue weighted by Gasteiger charge is 2.43. The Morgan fingerprint density at radius 3 is 2.52 bits per heavy atom. The van der Waals surface area contributed by atoms with E-state index in [1.54, 1.807) is 0 Å². The molecule has 2 aliphatic rings. The van der Waals surface area contributed by atoms with Crippen molar-refractivity contribution in [1.29, 1.82) is 0 Å².